The Labute approximate surface area is 197 Å². The van der Waals surface area contributed by atoms with Crippen LogP contribution >= 0.6 is 0 Å². The maximum atomic E-state index is 6.78. The van der Waals surface area contributed by atoms with Crippen LogP contribution in [0.2, 0.25) is 0 Å². The van der Waals surface area contributed by atoms with Gasteiger partial charge in [0, 0.05) is 6.61 Å². The molecule has 0 aliphatic rings. The van der Waals surface area contributed by atoms with Gasteiger partial charge in [-0.2, -0.15) is 0 Å². The lowest BCUT2D eigenvalue weighted by atomic mass is 9.71. The van der Waals surface area contributed by atoms with Crippen LogP contribution in [0, 0.1) is 5.92 Å². The molecular formula is C30H44O2. The molecule has 0 spiro atoms. The number of rotatable bonds is 17. The van der Waals surface area contributed by atoms with Crippen LogP contribution in [0.5, 0.6) is 0 Å². The first kappa shape index (κ1) is 26.2. The van der Waals surface area contributed by atoms with Crippen molar-refractivity contribution in [3.63, 3.8) is 0 Å². The second-order valence-electron chi connectivity index (χ2n) is 8.64. The van der Waals surface area contributed by atoms with E-state index in [-0.39, 0.29) is 0 Å². The molecule has 32 heavy (non-hydrogen) atoms. The molecule has 1 atom stereocenters. The predicted molar refractivity (Wildman–Crippen MR) is 137 cm³/mol. The number of hydrogen-bond donors (Lipinski definition) is 0. The molecule has 2 heteroatoms. The van der Waals surface area contributed by atoms with Gasteiger partial charge in [-0.25, -0.2) is 0 Å². The van der Waals surface area contributed by atoms with Crippen LogP contribution in [0.15, 0.2) is 73.0 Å². The van der Waals surface area contributed by atoms with E-state index in [0.29, 0.717) is 12.5 Å². The molecule has 2 aromatic rings. The van der Waals surface area contributed by atoms with Gasteiger partial charge in [-0.3, -0.25) is 0 Å². The van der Waals surface area contributed by atoms with Crippen molar-refractivity contribution in [3.8, 4) is 0 Å². The first-order chi connectivity index (χ1) is 15.8. The molecule has 2 rings (SSSR count). The first-order valence-corrected chi connectivity index (χ1v) is 12.8. The average Bonchev–Trinajstić information content (AvgIpc) is 2.84. The highest BCUT2D eigenvalue weighted by Gasteiger charge is 2.42. The third-order valence-electron chi connectivity index (χ3n) is 6.31. The molecule has 0 bridgehead atoms. The highest BCUT2D eigenvalue weighted by molar-refractivity contribution is 5.37. The van der Waals surface area contributed by atoms with Gasteiger partial charge in [0.25, 0.3) is 0 Å². The molecule has 0 amide bonds. The van der Waals surface area contributed by atoms with Crippen LogP contribution in [0.3, 0.4) is 0 Å². The molecule has 0 aliphatic carbocycles. The highest BCUT2D eigenvalue weighted by Crippen LogP contribution is 2.45. The van der Waals surface area contributed by atoms with Gasteiger partial charge in [0.05, 0.1) is 12.9 Å². The summed E-state index contributed by atoms with van der Waals surface area (Å²) in [5.74, 6) is 0.396. The summed E-state index contributed by atoms with van der Waals surface area (Å²) in [6.45, 7) is 7.83. The van der Waals surface area contributed by atoms with Crippen molar-refractivity contribution < 1.29 is 9.47 Å². The SMILES string of the molecule is CC=COCCCC(CCCCCCCC)C(OCC)(c1ccccc1)c1ccccc1. The number of allylic oxidation sites excluding steroid dienone is 1. The predicted octanol–water partition coefficient (Wildman–Crippen LogP) is 8.66. The van der Waals surface area contributed by atoms with E-state index in [1.807, 2.05) is 13.0 Å². The minimum absolute atomic E-state index is 0.396. The van der Waals surface area contributed by atoms with Crippen molar-refractivity contribution in [2.45, 2.75) is 84.2 Å². The lowest BCUT2D eigenvalue weighted by Gasteiger charge is -2.42. The van der Waals surface area contributed by atoms with E-state index in [9.17, 15) is 0 Å². The van der Waals surface area contributed by atoms with Gasteiger partial charge in [-0.1, -0.05) is 112 Å². The molecule has 0 heterocycles. The summed E-state index contributed by atoms with van der Waals surface area (Å²) in [6.07, 6.45) is 14.9. The maximum Gasteiger partial charge on any atom is 0.121 e. The van der Waals surface area contributed by atoms with Gasteiger partial charge >= 0.3 is 0 Å². The monoisotopic (exact) mass is 436 g/mol. The van der Waals surface area contributed by atoms with Gasteiger partial charge in [-0.05, 0) is 50.2 Å². The van der Waals surface area contributed by atoms with Crippen molar-refractivity contribution >= 4 is 0 Å². The van der Waals surface area contributed by atoms with Crippen molar-refractivity contribution in [1.82, 2.24) is 0 Å². The van der Waals surface area contributed by atoms with E-state index in [2.05, 4.69) is 74.5 Å². The minimum atomic E-state index is -0.429. The average molecular weight is 437 g/mol. The molecule has 2 aromatic carbocycles. The maximum absolute atomic E-state index is 6.78. The lowest BCUT2D eigenvalue weighted by molar-refractivity contribution is -0.0637. The van der Waals surface area contributed by atoms with Crippen molar-refractivity contribution in [2.75, 3.05) is 13.2 Å². The zero-order valence-electron chi connectivity index (χ0n) is 20.6. The van der Waals surface area contributed by atoms with E-state index in [4.69, 9.17) is 9.47 Å². The lowest BCUT2D eigenvalue weighted by Crippen LogP contribution is -2.40. The molecular weight excluding hydrogens is 392 g/mol. The number of hydrogen-bond acceptors (Lipinski definition) is 2. The van der Waals surface area contributed by atoms with Crippen LogP contribution in [-0.4, -0.2) is 13.2 Å². The molecule has 1 unspecified atom stereocenters. The normalized spacial score (nSPS) is 12.8. The van der Waals surface area contributed by atoms with Gasteiger partial charge in [0.2, 0.25) is 0 Å². The summed E-state index contributed by atoms with van der Waals surface area (Å²) in [7, 11) is 0. The molecule has 0 N–H and O–H groups in total. The molecule has 0 radical (unpaired) electrons. The van der Waals surface area contributed by atoms with Gasteiger partial charge < -0.3 is 9.47 Å². The van der Waals surface area contributed by atoms with Crippen LogP contribution in [0.4, 0.5) is 0 Å². The fourth-order valence-corrected chi connectivity index (χ4v) is 4.82. The Morgan fingerprint density at radius 3 is 1.88 bits per heavy atom. The molecule has 0 fully saturated rings. The Bertz CT molecular complexity index is 684. The largest absolute Gasteiger partial charge is 0.502 e. The van der Waals surface area contributed by atoms with Crippen LogP contribution in [0.1, 0.15) is 89.7 Å². The molecule has 0 saturated heterocycles. The smallest absolute Gasteiger partial charge is 0.121 e. The summed E-state index contributed by atoms with van der Waals surface area (Å²) in [5, 5.41) is 0. The number of benzene rings is 2. The summed E-state index contributed by atoms with van der Waals surface area (Å²) >= 11 is 0. The Balaban J connectivity index is 2.33. The fraction of sp³-hybridized carbons (Fsp3) is 0.533. The third-order valence-corrected chi connectivity index (χ3v) is 6.31. The first-order valence-electron chi connectivity index (χ1n) is 12.8. The molecule has 0 aliphatic heterocycles. The van der Waals surface area contributed by atoms with E-state index in [1.165, 1.54) is 56.1 Å². The van der Waals surface area contributed by atoms with Crippen LogP contribution in [-0.2, 0) is 15.1 Å². The number of unbranched alkanes of at least 4 members (excludes halogenated alkanes) is 5. The third kappa shape index (κ3) is 7.81. The zero-order chi connectivity index (χ0) is 22.9. The van der Waals surface area contributed by atoms with E-state index in [1.54, 1.807) is 6.26 Å². The Morgan fingerprint density at radius 2 is 1.31 bits per heavy atom. The highest BCUT2D eigenvalue weighted by atomic mass is 16.5. The summed E-state index contributed by atoms with van der Waals surface area (Å²) in [4.78, 5) is 0. The quantitative estimate of drug-likeness (QED) is 0.182. The minimum Gasteiger partial charge on any atom is -0.502 e. The van der Waals surface area contributed by atoms with Gasteiger partial charge in [0.15, 0.2) is 0 Å². The van der Waals surface area contributed by atoms with Crippen molar-refractivity contribution in [2.24, 2.45) is 5.92 Å². The van der Waals surface area contributed by atoms with Crippen molar-refractivity contribution in [3.05, 3.63) is 84.1 Å². The van der Waals surface area contributed by atoms with Crippen LogP contribution < -0.4 is 0 Å². The molecule has 176 valence electrons. The second kappa shape index (κ2) is 15.7. The number of ether oxygens (including phenoxy) is 2. The Morgan fingerprint density at radius 1 is 0.750 bits per heavy atom. The zero-order valence-corrected chi connectivity index (χ0v) is 20.6. The van der Waals surface area contributed by atoms with Crippen LogP contribution in [0.25, 0.3) is 0 Å². The topological polar surface area (TPSA) is 18.5 Å². The van der Waals surface area contributed by atoms with Gasteiger partial charge in [-0.15, -0.1) is 0 Å². The summed E-state index contributed by atoms with van der Waals surface area (Å²) < 4.78 is 12.4. The van der Waals surface area contributed by atoms with E-state index >= 15 is 0 Å². The molecule has 0 saturated carbocycles. The summed E-state index contributed by atoms with van der Waals surface area (Å²) in [6, 6.07) is 21.7. The van der Waals surface area contributed by atoms with Crippen molar-refractivity contribution in [1.29, 1.82) is 0 Å². The van der Waals surface area contributed by atoms with E-state index in [0.717, 1.165) is 19.4 Å². The molecule has 0 aromatic heterocycles. The summed E-state index contributed by atoms with van der Waals surface area (Å²) in [5.41, 5.74) is 2.10. The van der Waals surface area contributed by atoms with E-state index < -0.39 is 5.60 Å². The fourth-order valence-electron chi connectivity index (χ4n) is 4.82. The Hall–Kier alpha value is -2.06. The second-order valence-corrected chi connectivity index (χ2v) is 8.64. The Kier molecular flexibility index (Phi) is 12.8. The molecule has 2 nitrogen and oxygen atoms in total. The van der Waals surface area contributed by atoms with Gasteiger partial charge in [0.1, 0.15) is 5.60 Å². The standard InChI is InChI=1S/C30H44O2/c1-4-7-8-9-10-13-19-29(24-18-26-31-25-5-2)30(32-6-3,27-20-14-11-15-21-27)28-22-16-12-17-23-28/h5,11-12,14-17,20-23,25,29H,4,6-10,13,18-19,24,26H2,1-3H3.